The summed E-state index contributed by atoms with van der Waals surface area (Å²) in [7, 11) is 0. The van der Waals surface area contributed by atoms with Gasteiger partial charge in [0, 0.05) is 13.0 Å². The summed E-state index contributed by atoms with van der Waals surface area (Å²) in [6, 6.07) is 5.98. The van der Waals surface area contributed by atoms with E-state index < -0.39 is 0 Å². The molecule has 0 atom stereocenters. The van der Waals surface area contributed by atoms with Gasteiger partial charge in [-0.25, -0.2) is 9.37 Å². The van der Waals surface area contributed by atoms with Crippen molar-refractivity contribution < 1.29 is 13.6 Å². The fraction of sp³-hybridized carbons (Fsp3) is 0.143. The second kappa shape index (κ2) is 5.16. The van der Waals surface area contributed by atoms with Gasteiger partial charge in [0.05, 0.1) is 22.9 Å². The van der Waals surface area contributed by atoms with Crippen LogP contribution in [0.1, 0.15) is 16.2 Å². The van der Waals surface area contributed by atoms with E-state index in [9.17, 15) is 9.18 Å². The van der Waals surface area contributed by atoms with E-state index in [2.05, 4.69) is 15.3 Å². The maximum atomic E-state index is 13.0. The Hall–Kier alpha value is -2.63. The maximum absolute atomic E-state index is 13.0. The first-order valence-corrected chi connectivity index (χ1v) is 6.17. The third-order valence-electron chi connectivity index (χ3n) is 2.92. The van der Waals surface area contributed by atoms with Crippen LogP contribution in [0, 0.1) is 5.82 Å². The summed E-state index contributed by atoms with van der Waals surface area (Å²) in [6.07, 6.45) is 3.38. The molecule has 0 spiro atoms. The van der Waals surface area contributed by atoms with E-state index in [-0.39, 0.29) is 11.7 Å². The molecule has 3 rings (SSSR count). The largest absolute Gasteiger partial charge is 0.472 e. The van der Waals surface area contributed by atoms with Crippen LogP contribution >= 0.6 is 0 Å². The molecule has 0 aliphatic rings. The lowest BCUT2D eigenvalue weighted by atomic mass is 10.3. The number of furan rings is 1. The van der Waals surface area contributed by atoms with Gasteiger partial charge in [0.25, 0.3) is 5.91 Å². The van der Waals surface area contributed by atoms with Gasteiger partial charge in [0.15, 0.2) is 0 Å². The number of amides is 1. The molecule has 3 aromatic rings. The van der Waals surface area contributed by atoms with Gasteiger partial charge in [-0.05, 0) is 24.3 Å². The van der Waals surface area contributed by atoms with Crippen molar-refractivity contribution in [1.82, 2.24) is 15.3 Å². The summed E-state index contributed by atoms with van der Waals surface area (Å²) in [6.45, 7) is 0.437. The van der Waals surface area contributed by atoms with Crippen LogP contribution in [-0.2, 0) is 6.42 Å². The number of aromatic nitrogens is 2. The molecule has 0 saturated carbocycles. The van der Waals surface area contributed by atoms with Crippen molar-refractivity contribution in [1.29, 1.82) is 0 Å². The van der Waals surface area contributed by atoms with Gasteiger partial charge in [-0.2, -0.15) is 0 Å². The number of aromatic amines is 1. The molecule has 20 heavy (non-hydrogen) atoms. The van der Waals surface area contributed by atoms with Crippen molar-refractivity contribution in [2.45, 2.75) is 6.42 Å². The third kappa shape index (κ3) is 2.54. The zero-order chi connectivity index (χ0) is 13.9. The normalized spacial score (nSPS) is 10.8. The second-order valence-electron chi connectivity index (χ2n) is 4.36. The monoisotopic (exact) mass is 273 g/mol. The van der Waals surface area contributed by atoms with Crippen molar-refractivity contribution in [3.63, 3.8) is 0 Å². The van der Waals surface area contributed by atoms with Crippen LogP contribution in [0.25, 0.3) is 11.0 Å². The number of H-pyrrole nitrogens is 1. The average Bonchev–Trinajstić information content (AvgIpc) is 3.06. The molecule has 0 unspecified atom stereocenters. The van der Waals surface area contributed by atoms with Crippen molar-refractivity contribution >= 4 is 16.9 Å². The van der Waals surface area contributed by atoms with Gasteiger partial charge in [-0.3, -0.25) is 4.79 Å². The number of fused-ring (bicyclic) bond motifs is 1. The molecule has 0 fully saturated rings. The number of benzene rings is 1. The molecular weight excluding hydrogens is 261 g/mol. The molecular formula is C14H12FN3O2. The molecule has 0 bridgehead atoms. The minimum absolute atomic E-state index is 0.194. The highest BCUT2D eigenvalue weighted by atomic mass is 19.1. The van der Waals surface area contributed by atoms with Crippen LogP contribution in [-0.4, -0.2) is 22.4 Å². The van der Waals surface area contributed by atoms with Crippen LogP contribution in [0.15, 0.2) is 41.2 Å². The number of hydrogen-bond donors (Lipinski definition) is 2. The van der Waals surface area contributed by atoms with Gasteiger partial charge < -0.3 is 14.7 Å². The Balaban J connectivity index is 1.61. The fourth-order valence-corrected chi connectivity index (χ4v) is 1.94. The summed E-state index contributed by atoms with van der Waals surface area (Å²) >= 11 is 0. The minimum atomic E-state index is -0.305. The van der Waals surface area contributed by atoms with E-state index in [4.69, 9.17) is 4.42 Å². The number of nitrogens with zero attached hydrogens (tertiary/aromatic N) is 1. The Bertz CT molecular complexity index is 734. The molecule has 1 aromatic carbocycles. The SMILES string of the molecule is O=C(NCCc1nc2ccc(F)cc2[nH]1)c1ccoc1. The molecule has 0 aliphatic heterocycles. The molecule has 2 heterocycles. The van der Waals surface area contributed by atoms with E-state index >= 15 is 0 Å². The standard InChI is InChI=1S/C14H12FN3O2/c15-10-1-2-11-12(7-10)18-13(17-11)3-5-16-14(19)9-4-6-20-8-9/h1-2,4,6-8H,3,5H2,(H,16,19)(H,17,18). The molecule has 2 aromatic heterocycles. The smallest absolute Gasteiger partial charge is 0.254 e. The van der Waals surface area contributed by atoms with Gasteiger partial charge in [0.2, 0.25) is 0 Å². The van der Waals surface area contributed by atoms with E-state index in [1.807, 2.05) is 0 Å². The average molecular weight is 273 g/mol. The highest BCUT2D eigenvalue weighted by Crippen LogP contribution is 2.12. The second-order valence-corrected chi connectivity index (χ2v) is 4.36. The van der Waals surface area contributed by atoms with Crippen molar-refractivity contribution in [3.8, 4) is 0 Å². The Morgan fingerprint density at radius 3 is 3.10 bits per heavy atom. The topological polar surface area (TPSA) is 70.9 Å². The Kier molecular flexibility index (Phi) is 3.20. The van der Waals surface area contributed by atoms with Crippen LogP contribution in [0.5, 0.6) is 0 Å². The van der Waals surface area contributed by atoms with E-state index in [0.29, 0.717) is 35.4 Å². The van der Waals surface area contributed by atoms with Crippen LogP contribution in [0.3, 0.4) is 0 Å². The lowest BCUT2D eigenvalue weighted by Gasteiger charge is -2.01. The maximum Gasteiger partial charge on any atom is 0.254 e. The number of nitrogens with one attached hydrogen (secondary N) is 2. The predicted octanol–water partition coefficient (Wildman–Crippen LogP) is 2.27. The Morgan fingerprint density at radius 2 is 2.30 bits per heavy atom. The predicted molar refractivity (Wildman–Crippen MR) is 70.8 cm³/mol. The van der Waals surface area contributed by atoms with Crippen molar-refractivity contribution in [2.24, 2.45) is 0 Å². The number of imidazole rings is 1. The van der Waals surface area contributed by atoms with Crippen LogP contribution in [0.2, 0.25) is 0 Å². The summed E-state index contributed by atoms with van der Waals surface area (Å²) in [4.78, 5) is 19.0. The molecule has 2 N–H and O–H groups in total. The van der Waals surface area contributed by atoms with E-state index in [1.54, 1.807) is 12.1 Å². The Morgan fingerprint density at radius 1 is 1.40 bits per heavy atom. The highest BCUT2D eigenvalue weighted by Gasteiger charge is 2.07. The summed E-state index contributed by atoms with van der Waals surface area (Å²) in [5, 5.41) is 2.76. The lowest BCUT2D eigenvalue weighted by molar-refractivity contribution is 0.0953. The fourth-order valence-electron chi connectivity index (χ4n) is 1.94. The Labute approximate surface area is 113 Å². The minimum Gasteiger partial charge on any atom is -0.472 e. The molecule has 102 valence electrons. The van der Waals surface area contributed by atoms with Crippen molar-refractivity contribution in [2.75, 3.05) is 6.54 Å². The highest BCUT2D eigenvalue weighted by molar-refractivity contribution is 5.93. The first-order chi connectivity index (χ1) is 9.72. The molecule has 0 aliphatic carbocycles. The number of carbonyl (C=O) groups is 1. The lowest BCUT2D eigenvalue weighted by Crippen LogP contribution is -2.25. The third-order valence-corrected chi connectivity index (χ3v) is 2.92. The summed E-state index contributed by atoms with van der Waals surface area (Å²) in [5.41, 5.74) is 1.85. The molecule has 0 radical (unpaired) electrons. The summed E-state index contributed by atoms with van der Waals surface area (Å²) in [5.74, 6) is 0.208. The molecule has 0 saturated heterocycles. The zero-order valence-electron chi connectivity index (χ0n) is 10.5. The number of rotatable bonds is 4. The van der Waals surface area contributed by atoms with Gasteiger partial charge in [0.1, 0.15) is 17.9 Å². The quantitative estimate of drug-likeness (QED) is 0.766. The molecule has 5 nitrogen and oxygen atoms in total. The van der Waals surface area contributed by atoms with Gasteiger partial charge >= 0.3 is 0 Å². The molecule has 6 heteroatoms. The zero-order valence-corrected chi connectivity index (χ0v) is 10.5. The number of hydrogen-bond acceptors (Lipinski definition) is 3. The van der Waals surface area contributed by atoms with Crippen molar-refractivity contribution in [3.05, 3.63) is 54.0 Å². The summed E-state index contributed by atoms with van der Waals surface area (Å²) < 4.78 is 17.9. The number of halogens is 1. The van der Waals surface area contributed by atoms with Crippen LogP contribution in [0.4, 0.5) is 4.39 Å². The van der Waals surface area contributed by atoms with E-state index in [0.717, 1.165) is 0 Å². The number of carbonyl (C=O) groups excluding carboxylic acids is 1. The first-order valence-electron chi connectivity index (χ1n) is 6.17. The van der Waals surface area contributed by atoms with Crippen LogP contribution < -0.4 is 5.32 Å². The van der Waals surface area contributed by atoms with E-state index in [1.165, 1.54) is 24.7 Å². The van der Waals surface area contributed by atoms with Gasteiger partial charge in [-0.1, -0.05) is 0 Å². The van der Waals surface area contributed by atoms with Gasteiger partial charge in [-0.15, -0.1) is 0 Å². The molecule has 1 amide bonds. The first kappa shape index (κ1) is 12.4.